The number of fused-ring (bicyclic) bond motifs is 2. The molecule has 4 rings (SSSR count). The first-order valence-corrected chi connectivity index (χ1v) is 10.6. The second-order valence-electron chi connectivity index (χ2n) is 8.54. The van der Waals surface area contributed by atoms with E-state index in [4.69, 9.17) is 4.74 Å². The molecule has 1 atom stereocenters. The van der Waals surface area contributed by atoms with Crippen LogP contribution in [0.25, 0.3) is 0 Å². The molecule has 1 saturated heterocycles. The summed E-state index contributed by atoms with van der Waals surface area (Å²) in [4.78, 5) is 33.4. The van der Waals surface area contributed by atoms with Crippen LogP contribution < -0.4 is 0 Å². The zero-order chi connectivity index (χ0) is 21.3. The summed E-state index contributed by atoms with van der Waals surface area (Å²) >= 11 is 0. The van der Waals surface area contributed by atoms with Crippen LogP contribution in [0.5, 0.6) is 0 Å². The molecule has 1 aromatic carbocycles. The van der Waals surface area contributed by atoms with Crippen LogP contribution in [0.2, 0.25) is 0 Å². The van der Waals surface area contributed by atoms with Gasteiger partial charge in [-0.15, -0.1) is 0 Å². The lowest BCUT2D eigenvalue weighted by Crippen LogP contribution is -2.54. The van der Waals surface area contributed by atoms with Crippen molar-refractivity contribution in [2.24, 2.45) is 0 Å². The molecule has 2 amide bonds. The van der Waals surface area contributed by atoms with Crippen LogP contribution in [0.1, 0.15) is 36.2 Å². The Morgan fingerprint density at radius 1 is 1.23 bits per heavy atom. The van der Waals surface area contributed by atoms with Crippen molar-refractivity contribution in [3.63, 3.8) is 0 Å². The summed E-state index contributed by atoms with van der Waals surface area (Å²) in [6.45, 7) is 3.79. The average Bonchev–Trinajstić information content (AvgIpc) is 3.22. The van der Waals surface area contributed by atoms with E-state index in [1.54, 1.807) is 25.2 Å². The number of aromatic nitrogens is 2. The topological polar surface area (TPSA) is 67.7 Å². The Kier molecular flexibility index (Phi) is 5.64. The molecule has 1 unspecified atom stereocenters. The molecule has 2 aromatic rings. The van der Waals surface area contributed by atoms with Gasteiger partial charge >= 0.3 is 0 Å². The average molecular weight is 411 g/mol. The highest BCUT2D eigenvalue weighted by molar-refractivity contribution is 5.80. The number of likely N-dealkylation sites (tertiary alicyclic amines) is 1. The molecule has 160 valence electrons. The van der Waals surface area contributed by atoms with E-state index in [2.05, 4.69) is 24.0 Å². The monoisotopic (exact) mass is 410 g/mol. The van der Waals surface area contributed by atoms with Crippen molar-refractivity contribution < 1.29 is 14.3 Å². The third-order valence-corrected chi connectivity index (χ3v) is 6.36. The standard InChI is InChI=1S/C23H30N4O3/c1-17-6-4-5-7-18(17)8-9-20(28)26-13-10-23(11-14-26)22-24-12-15-27(22)16-19(30-23)21(29)25(2)3/h4-7,12,15,19H,8-11,13-14,16H2,1-3H3. The van der Waals surface area contributed by atoms with Crippen LogP contribution in [0, 0.1) is 6.92 Å². The predicted molar refractivity (Wildman–Crippen MR) is 113 cm³/mol. The van der Waals surface area contributed by atoms with E-state index >= 15 is 0 Å². The maximum absolute atomic E-state index is 12.8. The fourth-order valence-electron chi connectivity index (χ4n) is 4.56. The molecule has 2 aliphatic heterocycles. The van der Waals surface area contributed by atoms with Crippen molar-refractivity contribution in [3.8, 4) is 0 Å². The highest BCUT2D eigenvalue weighted by atomic mass is 16.5. The number of carbonyl (C=O) groups excluding carboxylic acids is 2. The third-order valence-electron chi connectivity index (χ3n) is 6.36. The van der Waals surface area contributed by atoms with Crippen LogP contribution in [-0.4, -0.2) is 64.5 Å². The lowest BCUT2D eigenvalue weighted by atomic mass is 9.88. The highest BCUT2D eigenvalue weighted by Crippen LogP contribution is 2.40. The van der Waals surface area contributed by atoms with Crippen molar-refractivity contribution >= 4 is 11.8 Å². The Morgan fingerprint density at radius 2 is 1.97 bits per heavy atom. The van der Waals surface area contributed by atoms with Gasteiger partial charge in [-0.1, -0.05) is 24.3 Å². The van der Waals surface area contributed by atoms with Crippen LogP contribution in [0.15, 0.2) is 36.7 Å². The van der Waals surface area contributed by atoms with E-state index in [0.29, 0.717) is 38.9 Å². The predicted octanol–water partition coefficient (Wildman–Crippen LogP) is 2.13. The number of benzene rings is 1. The number of ether oxygens (including phenoxy) is 1. The minimum atomic E-state index is -0.606. The molecular formula is C23H30N4O3. The quantitative estimate of drug-likeness (QED) is 0.775. The zero-order valence-corrected chi connectivity index (χ0v) is 18.0. The van der Waals surface area contributed by atoms with E-state index in [-0.39, 0.29) is 11.8 Å². The van der Waals surface area contributed by atoms with Gasteiger partial charge in [0.25, 0.3) is 5.91 Å². The Bertz CT molecular complexity index is 928. The number of piperidine rings is 1. The van der Waals surface area contributed by atoms with Crippen LogP contribution in [-0.2, 0) is 32.9 Å². The van der Waals surface area contributed by atoms with E-state index in [1.807, 2.05) is 27.8 Å². The van der Waals surface area contributed by atoms with Gasteiger partial charge in [-0.2, -0.15) is 0 Å². The smallest absolute Gasteiger partial charge is 0.253 e. The van der Waals surface area contributed by atoms with Crippen molar-refractivity contribution in [3.05, 3.63) is 53.6 Å². The number of hydrogen-bond acceptors (Lipinski definition) is 4. The largest absolute Gasteiger partial charge is 0.352 e. The summed E-state index contributed by atoms with van der Waals surface area (Å²) in [5.41, 5.74) is 1.84. The second kappa shape index (κ2) is 8.22. The molecule has 2 aliphatic rings. The molecular weight excluding hydrogens is 380 g/mol. The fraction of sp³-hybridized carbons (Fsp3) is 0.522. The van der Waals surface area contributed by atoms with Crippen molar-refractivity contribution in [1.29, 1.82) is 0 Å². The Balaban J connectivity index is 1.42. The Hall–Kier alpha value is -2.67. The number of imidazole rings is 1. The molecule has 1 aromatic heterocycles. The minimum absolute atomic E-state index is 0.0366. The number of rotatable bonds is 4. The Morgan fingerprint density at radius 3 is 2.67 bits per heavy atom. The SMILES string of the molecule is Cc1ccccc1CCC(=O)N1CCC2(CC1)OC(C(=O)N(C)C)Cn1ccnc12. The molecule has 3 heterocycles. The maximum atomic E-state index is 12.8. The first-order chi connectivity index (χ1) is 14.4. The molecule has 7 heteroatoms. The molecule has 0 N–H and O–H groups in total. The van der Waals surface area contributed by atoms with Gasteiger partial charge in [0.1, 0.15) is 11.4 Å². The van der Waals surface area contributed by atoms with Crippen molar-refractivity contribution in [1.82, 2.24) is 19.4 Å². The minimum Gasteiger partial charge on any atom is -0.352 e. The van der Waals surface area contributed by atoms with Gasteiger partial charge in [-0.3, -0.25) is 9.59 Å². The fourth-order valence-corrected chi connectivity index (χ4v) is 4.56. The molecule has 0 aliphatic carbocycles. The van der Waals surface area contributed by atoms with Crippen LogP contribution in [0.4, 0.5) is 0 Å². The normalized spacial score (nSPS) is 20.1. The summed E-state index contributed by atoms with van der Waals surface area (Å²) < 4.78 is 8.42. The lowest BCUT2D eigenvalue weighted by Gasteiger charge is -2.45. The van der Waals surface area contributed by atoms with Crippen molar-refractivity contribution in [2.75, 3.05) is 27.2 Å². The van der Waals surface area contributed by atoms with E-state index in [0.717, 1.165) is 12.2 Å². The van der Waals surface area contributed by atoms with Crippen LogP contribution in [0.3, 0.4) is 0 Å². The second-order valence-corrected chi connectivity index (χ2v) is 8.54. The summed E-state index contributed by atoms with van der Waals surface area (Å²) in [6, 6.07) is 8.21. The summed E-state index contributed by atoms with van der Waals surface area (Å²) in [5.74, 6) is 1.01. The van der Waals surface area contributed by atoms with Gasteiger partial charge in [-0.05, 0) is 24.5 Å². The number of aryl methyl sites for hydroxylation is 2. The molecule has 1 spiro atoms. The summed E-state index contributed by atoms with van der Waals surface area (Å²) in [5, 5.41) is 0. The Labute approximate surface area is 177 Å². The van der Waals surface area contributed by atoms with Gasteiger partial charge in [0.05, 0.1) is 6.54 Å². The van der Waals surface area contributed by atoms with Gasteiger partial charge in [-0.25, -0.2) is 4.98 Å². The first-order valence-electron chi connectivity index (χ1n) is 10.6. The molecule has 0 bridgehead atoms. The van der Waals surface area contributed by atoms with Crippen LogP contribution >= 0.6 is 0 Å². The molecule has 1 fully saturated rings. The molecule has 7 nitrogen and oxygen atoms in total. The number of hydrogen-bond donors (Lipinski definition) is 0. The lowest BCUT2D eigenvalue weighted by molar-refractivity contribution is -0.181. The maximum Gasteiger partial charge on any atom is 0.253 e. The summed E-state index contributed by atoms with van der Waals surface area (Å²) in [6.07, 6.45) is 5.72. The first kappa shape index (κ1) is 20.6. The zero-order valence-electron chi connectivity index (χ0n) is 18.0. The van der Waals surface area contributed by atoms with E-state index in [9.17, 15) is 9.59 Å². The molecule has 30 heavy (non-hydrogen) atoms. The molecule has 0 saturated carbocycles. The van der Waals surface area contributed by atoms with Gasteiger partial charge in [0, 0.05) is 58.8 Å². The number of carbonyl (C=O) groups is 2. The van der Waals surface area contributed by atoms with E-state index < -0.39 is 11.7 Å². The molecule has 0 radical (unpaired) electrons. The summed E-state index contributed by atoms with van der Waals surface area (Å²) in [7, 11) is 3.50. The van der Waals surface area contributed by atoms with Crippen molar-refractivity contribution in [2.45, 2.75) is 50.9 Å². The number of nitrogens with zero attached hydrogens (tertiary/aromatic N) is 4. The number of amides is 2. The van der Waals surface area contributed by atoms with Gasteiger partial charge in [0.2, 0.25) is 5.91 Å². The third kappa shape index (κ3) is 3.86. The number of likely N-dealkylation sites (N-methyl/N-ethyl adjacent to an activating group) is 1. The van der Waals surface area contributed by atoms with Gasteiger partial charge in [0.15, 0.2) is 6.10 Å². The van der Waals surface area contributed by atoms with Gasteiger partial charge < -0.3 is 19.1 Å². The highest BCUT2D eigenvalue weighted by Gasteiger charge is 2.47. The van der Waals surface area contributed by atoms with E-state index in [1.165, 1.54) is 11.1 Å².